The number of rotatable bonds is 1. The van der Waals surface area contributed by atoms with Crippen molar-refractivity contribution in [2.75, 3.05) is 26.0 Å². The topological polar surface area (TPSA) is 21.1 Å². The third kappa shape index (κ3) is 3.31. The van der Waals surface area contributed by atoms with Gasteiger partial charge in [0.1, 0.15) is 5.82 Å². The van der Waals surface area contributed by atoms with Crippen LogP contribution >= 0.6 is 15.9 Å². The summed E-state index contributed by atoms with van der Waals surface area (Å²) >= 11 is 2.94. The fourth-order valence-corrected chi connectivity index (χ4v) is 2.04. The molecule has 1 aliphatic heterocycles. The largest absolute Gasteiger partial charge is 0.338 e. The Kier molecular flexibility index (Phi) is 5.32. The van der Waals surface area contributed by atoms with Gasteiger partial charge in [0.25, 0.3) is 0 Å². The summed E-state index contributed by atoms with van der Waals surface area (Å²) in [6, 6.07) is 0. The van der Waals surface area contributed by atoms with Crippen LogP contribution in [0.2, 0.25) is 0 Å². The summed E-state index contributed by atoms with van der Waals surface area (Å²) in [5, 5.41) is 0. The van der Waals surface area contributed by atoms with E-state index in [2.05, 4.69) is 44.5 Å². The molecule has 0 radical (unpaired) electrons. The summed E-state index contributed by atoms with van der Waals surface area (Å²) in [4.78, 5) is 6.80. The lowest BCUT2D eigenvalue weighted by Crippen LogP contribution is -2.30. The van der Waals surface area contributed by atoms with E-state index < -0.39 is 0 Å². The molecule has 0 aliphatic carbocycles. The number of nitrogens with zero attached hydrogens (tertiary/aromatic N) is 3. The average molecular weight is 274 g/mol. The molecule has 2 rings (SSSR count). The molecule has 1 aliphatic rings. The number of aromatic nitrogens is 2. The van der Waals surface area contributed by atoms with E-state index in [4.69, 9.17) is 0 Å². The van der Waals surface area contributed by atoms with Crippen LogP contribution in [0.3, 0.4) is 0 Å². The number of hydrogen-bond donors (Lipinski definition) is 0. The maximum Gasteiger partial charge on any atom is 0.111 e. The predicted octanol–water partition coefficient (Wildman–Crippen LogP) is 2.24. The van der Waals surface area contributed by atoms with Gasteiger partial charge in [-0.05, 0) is 38.8 Å². The second-order valence-corrected chi connectivity index (χ2v) is 3.97. The van der Waals surface area contributed by atoms with Gasteiger partial charge in [-0.1, -0.05) is 15.9 Å². The molecule has 15 heavy (non-hydrogen) atoms. The highest BCUT2D eigenvalue weighted by Crippen LogP contribution is 2.25. The van der Waals surface area contributed by atoms with Gasteiger partial charge in [-0.15, -0.1) is 0 Å². The Morgan fingerprint density at radius 1 is 1.27 bits per heavy atom. The van der Waals surface area contributed by atoms with Crippen molar-refractivity contribution in [3.05, 3.63) is 18.2 Å². The molecular weight excluding hydrogens is 254 g/mol. The van der Waals surface area contributed by atoms with E-state index in [0.29, 0.717) is 5.92 Å². The predicted molar refractivity (Wildman–Crippen MR) is 67.5 cm³/mol. The summed E-state index contributed by atoms with van der Waals surface area (Å²) < 4.78 is 2.15. The van der Waals surface area contributed by atoms with Gasteiger partial charge >= 0.3 is 0 Å². The zero-order valence-electron chi connectivity index (χ0n) is 9.78. The molecular formula is C11H20BrN3. The summed E-state index contributed by atoms with van der Waals surface area (Å²) in [7, 11) is 4.27. The van der Waals surface area contributed by atoms with Crippen molar-refractivity contribution in [2.24, 2.45) is 7.05 Å². The zero-order valence-corrected chi connectivity index (χ0v) is 11.4. The van der Waals surface area contributed by atoms with Crippen LogP contribution in [-0.4, -0.2) is 40.4 Å². The van der Waals surface area contributed by atoms with Crippen LogP contribution in [0.25, 0.3) is 0 Å². The molecule has 0 aromatic carbocycles. The van der Waals surface area contributed by atoms with E-state index in [9.17, 15) is 0 Å². The highest BCUT2D eigenvalue weighted by molar-refractivity contribution is 9.08. The SMILES string of the molecule is CBr.CN1CCC(c2nccn2C)CC1. The van der Waals surface area contributed by atoms with Gasteiger partial charge < -0.3 is 9.47 Å². The standard InChI is InChI=1S/C10H17N3.CH3Br/c1-12-6-3-9(4-7-12)10-11-5-8-13(10)2;1-2/h5,8-9H,3-4,6-7H2,1-2H3;1H3. The molecule has 1 saturated heterocycles. The lowest BCUT2D eigenvalue weighted by molar-refractivity contribution is 0.249. The third-order valence-electron chi connectivity index (χ3n) is 2.94. The van der Waals surface area contributed by atoms with Gasteiger partial charge in [-0.25, -0.2) is 4.98 Å². The smallest absolute Gasteiger partial charge is 0.111 e. The molecule has 4 heteroatoms. The van der Waals surface area contributed by atoms with Crippen LogP contribution in [-0.2, 0) is 7.05 Å². The normalized spacial score (nSPS) is 18.4. The lowest BCUT2D eigenvalue weighted by atomic mass is 9.96. The van der Waals surface area contributed by atoms with E-state index in [1.165, 1.54) is 31.8 Å². The first-order valence-corrected chi connectivity index (χ1v) is 6.89. The van der Waals surface area contributed by atoms with Crippen LogP contribution in [0, 0.1) is 0 Å². The number of hydrogen-bond acceptors (Lipinski definition) is 2. The minimum Gasteiger partial charge on any atom is -0.338 e. The Morgan fingerprint density at radius 3 is 2.33 bits per heavy atom. The van der Waals surface area contributed by atoms with Crippen LogP contribution < -0.4 is 0 Å². The van der Waals surface area contributed by atoms with Gasteiger partial charge in [-0.2, -0.15) is 0 Å². The molecule has 1 aromatic rings. The first kappa shape index (κ1) is 12.7. The second-order valence-electron chi connectivity index (χ2n) is 3.97. The Labute approximate surface area is 101 Å². The number of alkyl halides is 1. The molecule has 0 amide bonds. The van der Waals surface area contributed by atoms with Crippen LogP contribution in [0.4, 0.5) is 0 Å². The van der Waals surface area contributed by atoms with Crippen molar-refractivity contribution >= 4 is 15.9 Å². The van der Waals surface area contributed by atoms with Crippen molar-refractivity contribution in [2.45, 2.75) is 18.8 Å². The van der Waals surface area contributed by atoms with E-state index >= 15 is 0 Å². The van der Waals surface area contributed by atoms with E-state index in [1.807, 2.05) is 18.2 Å². The average Bonchev–Trinajstić information content (AvgIpc) is 2.69. The molecule has 0 bridgehead atoms. The van der Waals surface area contributed by atoms with Crippen LogP contribution in [0.1, 0.15) is 24.6 Å². The molecule has 2 heterocycles. The number of likely N-dealkylation sites (tertiary alicyclic amines) is 1. The minimum atomic E-state index is 0.677. The van der Waals surface area contributed by atoms with Gasteiger partial charge in [0.05, 0.1) is 0 Å². The van der Waals surface area contributed by atoms with E-state index in [-0.39, 0.29) is 0 Å². The van der Waals surface area contributed by atoms with Gasteiger partial charge in [0.2, 0.25) is 0 Å². The van der Waals surface area contributed by atoms with Crippen molar-refractivity contribution in [3.8, 4) is 0 Å². The summed E-state index contributed by atoms with van der Waals surface area (Å²) in [5.41, 5.74) is 0. The molecule has 0 atom stereocenters. The fourth-order valence-electron chi connectivity index (χ4n) is 2.04. The summed E-state index contributed by atoms with van der Waals surface area (Å²) in [6.45, 7) is 2.41. The Hall–Kier alpha value is -0.350. The maximum atomic E-state index is 4.41. The minimum absolute atomic E-state index is 0.677. The van der Waals surface area contributed by atoms with Gasteiger partial charge in [-0.3, -0.25) is 0 Å². The first-order chi connectivity index (χ1) is 7.27. The highest BCUT2D eigenvalue weighted by Gasteiger charge is 2.20. The molecule has 0 saturated carbocycles. The molecule has 0 spiro atoms. The molecule has 1 aromatic heterocycles. The molecule has 86 valence electrons. The van der Waals surface area contributed by atoms with E-state index in [1.54, 1.807) is 0 Å². The Balaban J connectivity index is 0.000000531. The van der Waals surface area contributed by atoms with Crippen molar-refractivity contribution < 1.29 is 0 Å². The third-order valence-corrected chi connectivity index (χ3v) is 2.94. The van der Waals surface area contributed by atoms with Crippen molar-refractivity contribution in [3.63, 3.8) is 0 Å². The maximum absolute atomic E-state index is 4.41. The van der Waals surface area contributed by atoms with Gasteiger partial charge in [0.15, 0.2) is 0 Å². The number of halogens is 1. The van der Waals surface area contributed by atoms with Crippen molar-refractivity contribution in [1.29, 1.82) is 0 Å². The number of imidazole rings is 1. The first-order valence-electron chi connectivity index (χ1n) is 5.31. The summed E-state index contributed by atoms with van der Waals surface area (Å²) in [6.07, 6.45) is 6.43. The molecule has 0 unspecified atom stereocenters. The summed E-state index contributed by atoms with van der Waals surface area (Å²) in [5.74, 6) is 3.75. The second kappa shape index (κ2) is 6.28. The number of aryl methyl sites for hydroxylation is 1. The van der Waals surface area contributed by atoms with Gasteiger partial charge in [0, 0.05) is 25.4 Å². The Morgan fingerprint density at radius 2 is 1.87 bits per heavy atom. The molecule has 0 N–H and O–H groups in total. The van der Waals surface area contributed by atoms with Crippen molar-refractivity contribution in [1.82, 2.24) is 14.5 Å². The van der Waals surface area contributed by atoms with Crippen LogP contribution in [0.5, 0.6) is 0 Å². The monoisotopic (exact) mass is 273 g/mol. The fraction of sp³-hybridized carbons (Fsp3) is 0.727. The molecule has 1 fully saturated rings. The molecule has 3 nitrogen and oxygen atoms in total. The highest BCUT2D eigenvalue weighted by atomic mass is 79.9. The quantitative estimate of drug-likeness (QED) is 0.732. The van der Waals surface area contributed by atoms with E-state index in [0.717, 1.165) is 0 Å². The Bertz CT molecular complexity index is 277. The number of piperidine rings is 1. The lowest BCUT2D eigenvalue weighted by Gasteiger charge is -2.28. The van der Waals surface area contributed by atoms with Crippen LogP contribution in [0.15, 0.2) is 12.4 Å². The zero-order chi connectivity index (χ0) is 11.3.